The number of hydrogen-bond acceptors (Lipinski definition) is 9. The number of thiazole rings is 1. The van der Waals surface area contributed by atoms with Crippen LogP contribution in [0.4, 0.5) is 23.1 Å². The number of halogens is 3. The van der Waals surface area contributed by atoms with Crippen molar-refractivity contribution in [3.8, 4) is 5.75 Å². The SMILES string of the molecule is CC(C)CN(c1nc(C(=O)N(C(=O)c2cc3cc(OC(F)(F)F)ccc3n2C(=O)NN)[C@H](C=O)CC2CC2)cs1)C1CC1. The van der Waals surface area contributed by atoms with E-state index in [4.69, 9.17) is 5.84 Å². The lowest BCUT2D eigenvalue weighted by molar-refractivity contribution is -0.274. The monoisotopic (exact) mass is 620 g/mol. The molecule has 2 aliphatic carbocycles. The summed E-state index contributed by atoms with van der Waals surface area (Å²) < 4.78 is 43.4. The third-order valence-electron chi connectivity index (χ3n) is 7.26. The number of hydrazine groups is 1. The van der Waals surface area contributed by atoms with E-state index in [2.05, 4.69) is 28.5 Å². The zero-order valence-corrected chi connectivity index (χ0v) is 24.3. The molecular weight excluding hydrogens is 589 g/mol. The number of imide groups is 1. The summed E-state index contributed by atoms with van der Waals surface area (Å²) in [6.07, 6.45) is -0.524. The molecule has 3 aromatic rings. The number of nitrogens with two attached hydrogens (primary N) is 1. The maximum Gasteiger partial charge on any atom is 0.573 e. The minimum atomic E-state index is -4.97. The van der Waals surface area contributed by atoms with Gasteiger partial charge in [-0.2, -0.15) is 0 Å². The molecule has 0 unspecified atom stereocenters. The molecule has 230 valence electrons. The molecule has 3 amide bonds. The van der Waals surface area contributed by atoms with E-state index in [-0.39, 0.29) is 34.6 Å². The Labute approximate surface area is 248 Å². The van der Waals surface area contributed by atoms with Crippen molar-refractivity contribution in [2.24, 2.45) is 17.7 Å². The summed E-state index contributed by atoms with van der Waals surface area (Å²) in [7, 11) is 0. The number of benzene rings is 1. The van der Waals surface area contributed by atoms with Crippen LogP contribution in [0.3, 0.4) is 0 Å². The largest absolute Gasteiger partial charge is 0.573 e. The number of alkyl halides is 3. The molecular formula is C28H31F3N6O5S. The first-order valence-corrected chi connectivity index (χ1v) is 14.8. The summed E-state index contributed by atoms with van der Waals surface area (Å²) in [4.78, 5) is 60.8. The number of amides is 3. The minimum Gasteiger partial charge on any atom is -0.406 e. The van der Waals surface area contributed by atoms with Gasteiger partial charge >= 0.3 is 12.4 Å². The Morgan fingerprint density at radius 3 is 2.49 bits per heavy atom. The van der Waals surface area contributed by atoms with E-state index in [1.165, 1.54) is 16.7 Å². The number of hydrogen-bond donors (Lipinski definition) is 2. The Morgan fingerprint density at radius 1 is 1.19 bits per heavy atom. The summed E-state index contributed by atoms with van der Waals surface area (Å²) in [5.74, 6) is 3.45. The number of anilines is 1. The van der Waals surface area contributed by atoms with Crippen molar-refractivity contribution in [3.05, 3.63) is 41.0 Å². The highest BCUT2D eigenvalue weighted by Gasteiger charge is 2.39. The fourth-order valence-electron chi connectivity index (χ4n) is 5.05. The Morgan fingerprint density at radius 2 is 1.91 bits per heavy atom. The fraction of sp³-hybridized carbons (Fsp3) is 0.464. The lowest BCUT2D eigenvalue weighted by Gasteiger charge is -2.26. The Bertz CT molecular complexity index is 1550. The van der Waals surface area contributed by atoms with E-state index in [1.54, 1.807) is 0 Å². The Kier molecular flexibility index (Phi) is 8.47. The van der Waals surface area contributed by atoms with Gasteiger partial charge in [-0.05, 0) is 55.4 Å². The average molecular weight is 621 g/mol. The molecule has 2 saturated carbocycles. The number of nitrogen functional groups attached to an aromatic ring is 1. The van der Waals surface area contributed by atoms with Crippen LogP contribution in [0.2, 0.25) is 0 Å². The first kappa shape index (κ1) is 30.5. The smallest absolute Gasteiger partial charge is 0.406 e. The number of fused-ring (bicyclic) bond motifs is 1. The molecule has 0 spiro atoms. The number of rotatable bonds is 11. The molecule has 1 atom stereocenters. The molecule has 3 N–H and O–H groups in total. The van der Waals surface area contributed by atoms with Crippen molar-refractivity contribution in [3.63, 3.8) is 0 Å². The van der Waals surface area contributed by atoms with E-state index in [0.29, 0.717) is 23.4 Å². The first-order chi connectivity index (χ1) is 20.4. The third kappa shape index (κ3) is 6.82. The third-order valence-corrected chi connectivity index (χ3v) is 8.13. The predicted octanol–water partition coefficient (Wildman–Crippen LogP) is 4.70. The molecule has 2 aliphatic rings. The molecule has 15 heteroatoms. The van der Waals surface area contributed by atoms with Gasteiger partial charge in [0.2, 0.25) is 0 Å². The zero-order valence-electron chi connectivity index (χ0n) is 23.5. The number of aldehydes is 1. The van der Waals surface area contributed by atoms with Gasteiger partial charge in [0.05, 0.1) is 11.6 Å². The predicted molar refractivity (Wildman–Crippen MR) is 152 cm³/mol. The van der Waals surface area contributed by atoms with E-state index in [0.717, 1.165) is 66.0 Å². The van der Waals surface area contributed by atoms with Crippen LogP contribution in [-0.2, 0) is 4.79 Å². The second-order valence-corrected chi connectivity index (χ2v) is 12.1. The van der Waals surface area contributed by atoms with Crippen LogP contribution in [0.1, 0.15) is 66.9 Å². The molecule has 43 heavy (non-hydrogen) atoms. The maximum absolute atomic E-state index is 14.1. The van der Waals surface area contributed by atoms with Gasteiger partial charge in [0.25, 0.3) is 11.8 Å². The van der Waals surface area contributed by atoms with Crippen molar-refractivity contribution in [1.82, 2.24) is 19.9 Å². The molecule has 11 nitrogen and oxygen atoms in total. The van der Waals surface area contributed by atoms with Crippen molar-refractivity contribution < 1.29 is 37.1 Å². The molecule has 1 aromatic carbocycles. The molecule has 0 radical (unpaired) electrons. The van der Waals surface area contributed by atoms with Crippen molar-refractivity contribution in [1.29, 1.82) is 0 Å². The molecule has 2 heterocycles. The molecule has 2 fully saturated rings. The van der Waals surface area contributed by atoms with Crippen LogP contribution in [0, 0.1) is 11.8 Å². The minimum absolute atomic E-state index is 0.0303. The topological polar surface area (TPSA) is 140 Å². The van der Waals surface area contributed by atoms with E-state index in [9.17, 15) is 32.3 Å². The zero-order chi connectivity index (χ0) is 31.1. The standard InChI is InChI=1S/C28H31F3N6O5S/c1-15(2)12-35(18-5-6-18)27-33-21(14-43-27)24(39)36(19(13-38)9-16-3-4-16)25(40)23-11-17-10-20(42-28(29,30)31)7-8-22(17)37(23)26(41)34-32/h7-8,10-11,13-16,18-19H,3-6,9,12,32H2,1-2H3,(H,34,41)/t19-/m0/s1. The molecule has 0 aliphatic heterocycles. The van der Waals surface area contributed by atoms with Crippen LogP contribution in [0.15, 0.2) is 29.6 Å². The van der Waals surface area contributed by atoms with Crippen LogP contribution in [0.25, 0.3) is 10.9 Å². The van der Waals surface area contributed by atoms with Gasteiger partial charge in [0.15, 0.2) is 5.13 Å². The average Bonchev–Trinajstić information content (AvgIpc) is 3.87. The van der Waals surface area contributed by atoms with Gasteiger partial charge < -0.3 is 14.4 Å². The van der Waals surface area contributed by atoms with Crippen molar-refractivity contribution in [2.45, 2.75) is 64.4 Å². The van der Waals surface area contributed by atoms with Gasteiger partial charge in [0.1, 0.15) is 23.4 Å². The number of carbonyl (C=O) groups is 4. The van der Waals surface area contributed by atoms with Gasteiger partial charge in [-0.15, -0.1) is 24.5 Å². The highest BCUT2D eigenvalue weighted by atomic mass is 32.1. The first-order valence-electron chi connectivity index (χ1n) is 13.9. The van der Waals surface area contributed by atoms with Crippen LogP contribution < -0.4 is 20.9 Å². The lowest BCUT2D eigenvalue weighted by Crippen LogP contribution is -2.47. The molecule has 2 aromatic heterocycles. The highest BCUT2D eigenvalue weighted by molar-refractivity contribution is 7.14. The van der Waals surface area contributed by atoms with E-state index < -0.39 is 36.0 Å². The molecule has 0 bridgehead atoms. The lowest BCUT2D eigenvalue weighted by atomic mass is 10.1. The van der Waals surface area contributed by atoms with Crippen LogP contribution in [0.5, 0.6) is 5.75 Å². The summed E-state index contributed by atoms with van der Waals surface area (Å²) in [5.41, 5.74) is 1.53. The molecule has 0 saturated heterocycles. The second kappa shape index (κ2) is 12.0. The summed E-state index contributed by atoms with van der Waals surface area (Å²) in [6, 6.07) is 2.47. The van der Waals surface area contributed by atoms with Gasteiger partial charge in [-0.25, -0.2) is 15.6 Å². The van der Waals surface area contributed by atoms with Crippen LogP contribution in [-0.4, -0.2) is 63.6 Å². The molecule has 5 rings (SSSR count). The quantitative estimate of drug-likeness (QED) is 0.103. The highest BCUT2D eigenvalue weighted by Crippen LogP contribution is 2.37. The number of ether oxygens (including phenoxy) is 1. The maximum atomic E-state index is 14.1. The second-order valence-electron chi connectivity index (χ2n) is 11.2. The van der Waals surface area contributed by atoms with E-state index in [1.807, 2.05) is 5.43 Å². The number of nitrogens with one attached hydrogen (secondary N) is 1. The Hall–Kier alpha value is -3.98. The summed E-state index contributed by atoms with van der Waals surface area (Å²) in [6.45, 7) is 4.90. The summed E-state index contributed by atoms with van der Waals surface area (Å²) in [5, 5.41) is 2.21. The van der Waals surface area contributed by atoms with Crippen LogP contribution >= 0.6 is 11.3 Å². The van der Waals surface area contributed by atoms with Crippen molar-refractivity contribution in [2.75, 3.05) is 11.4 Å². The van der Waals surface area contributed by atoms with Gasteiger partial charge in [-0.3, -0.25) is 24.5 Å². The summed E-state index contributed by atoms with van der Waals surface area (Å²) >= 11 is 1.26. The van der Waals surface area contributed by atoms with Crippen molar-refractivity contribution >= 4 is 51.5 Å². The Balaban J connectivity index is 1.55. The fourth-order valence-corrected chi connectivity index (χ4v) is 5.93. The van der Waals surface area contributed by atoms with Gasteiger partial charge in [0, 0.05) is 23.4 Å². The number of carbonyl (C=O) groups excluding carboxylic acids is 4. The number of nitrogens with zero attached hydrogens (tertiary/aromatic N) is 4. The normalized spacial score (nSPS) is 15.8. The van der Waals surface area contributed by atoms with Gasteiger partial charge in [-0.1, -0.05) is 26.7 Å². The van der Waals surface area contributed by atoms with E-state index >= 15 is 0 Å². The number of aromatic nitrogens is 2.